The molecule has 1 aromatic heterocycles. The Kier molecular flexibility index (Phi) is 4.62. The molecule has 0 saturated heterocycles. The molecule has 1 aromatic carbocycles. The van der Waals surface area contributed by atoms with Gasteiger partial charge in [0.2, 0.25) is 0 Å². The lowest BCUT2D eigenvalue weighted by Crippen LogP contribution is -2.21. The van der Waals surface area contributed by atoms with Crippen molar-refractivity contribution in [1.82, 2.24) is 14.5 Å². The zero-order valence-electron chi connectivity index (χ0n) is 12.8. The molecule has 0 aliphatic carbocycles. The van der Waals surface area contributed by atoms with E-state index in [1.165, 1.54) is 0 Å². The first-order valence-corrected chi connectivity index (χ1v) is 7.06. The lowest BCUT2D eigenvalue weighted by Gasteiger charge is -2.14. The van der Waals surface area contributed by atoms with Gasteiger partial charge in [0, 0.05) is 19.2 Å². The zero-order valence-corrected chi connectivity index (χ0v) is 12.8. The molecule has 2 rings (SSSR count). The molecule has 5 heteroatoms. The van der Waals surface area contributed by atoms with Gasteiger partial charge in [0.05, 0.1) is 23.7 Å². The number of nitrogens with zero attached hydrogens (tertiary/aromatic N) is 3. The van der Waals surface area contributed by atoms with E-state index in [1.54, 1.807) is 0 Å². The SMILES string of the molecule is CCOc1ccc2c(c1)nc(C(C)N)n2CCN(C)C. The minimum absolute atomic E-state index is 0.0832. The zero-order chi connectivity index (χ0) is 14.7. The molecule has 0 radical (unpaired) electrons. The fourth-order valence-electron chi connectivity index (χ4n) is 2.27. The van der Waals surface area contributed by atoms with Gasteiger partial charge < -0.3 is 19.9 Å². The molecule has 2 N–H and O–H groups in total. The van der Waals surface area contributed by atoms with Gasteiger partial charge in [-0.25, -0.2) is 4.98 Å². The van der Waals surface area contributed by atoms with Crippen LogP contribution >= 0.6 is 0 Å². The van der Waals surface area contributed by atoms with Crippen LogP contribution in [0.15, 0.2) is 18.2 Å². The van der Waals surface area contributed by atoms with Crippen molar-refractivity contribution in [1.29, 1.82) is 0 Å². The van der Waals surface area contributed by atoms with Gasteiger partial charge >= 0.3 is 0 Å². The molecule has 2 aromatic rings. The molecular weight excluding hydrogens is 252 g/mol. The van der Waals surface area contributed by atoms with Crippen LogP contribution in [0, 0.1) is 0 Å². The molecule has 20 heavy (non-hydrogen) atoms. The van der Waals surface area contributed by atoms with Gasteiger partial charge in [-0.1, -0.05) is 0 Å². The number of rotatable bonds is 6. The van der Waals surface area contributed by atoms with Gasteiger partial charge in [0.1, 0.15) is 11.6 Å². The van der Waals surface area contributed by atoms with Gasteiger partial charge in [-0.3, -0.25) is 0 Å². The van der Waals surface area contributed by atoms with Crippen LogP contribution in [0.3, 0.4) is 0 Å². The molecule has 0 saturated carbocycles. The van der Waals surface area contributed by atoms with Crippen LogP contribution in [0.1, 0.15) is 25.7 Å². The highest BCUT2D eigenvalue weighted by Crippen LogP contribution is 2.24. The predicted molar refractivity (Wildman–Crippen MR) is 82.1 cm³/mol. The van der Waals surface area contributed by atoms with Gasteiger partial charge in [-0.15, -0.1) is 0 Å². The van der Waals surface area contributed by atoms with E-state index in [1.807, 2.05) is 26.0 Å². The van der Waals surface area contributed by atoms with E-state index >= 15 is 0 Å². The summed E-state index contributed by atoms with van der Waals surface area (Å²) >= 11 is 0. The van der Waals surface area contributed by atoms with Gasteiger partial charge in [-0.2, -0.15) is 0 Å². The van der Waals surface area contributed by atoms with E-state index < -0.39 is 0 Å². The number of fused-ring (bicyclic) bond motifs is 1. The maximum absolute atomic E-state index is 6.05. The summed E-state index contributed by atoms with van der Waals surface area (Å²) in [6.45, 7) is 6.45. The second kappa shape index (κ2) is 6.24. The summed E-state index contributed by atoms with van der Waals surface area (Å²) in [4.78, 5) is 6.83. The monoisotopic (exact) mass is 276 g/mol. The Morgan fingerprint density at radius 1 is 1.40 bits per heavy atom. The van der Waals surface area contributed by atoms with Crippen molar-refractivity contribution in [3.63, 3.8) is 0 Å². The van der Waals surface area contributed by atoms with E-state index in [-0.39, 0.29) is 6.04 Å². The van der Waals surface area contributed by atoms with Gasteiger partial charge in [0.15, 0.2) is 0 Å². The van der Waals surface area contributed by atoms with Crippen molar-refractivity contribution in [3.8, 4) is 5.75 Å². The molecule has 1 atom stereocenters. The summed E-state index contributed by atoms with van der Waals surface area (Å²) in [5.74, 6) is 1.78. The van der Waals surface area contributed by atoms with Crippen LogP contribution in [0.5, 0.6) is 5.75 Å². The molecule has 110 valence electrons. The fourth-order valence-corrected chi connectivity index (χ4v) is 2.27. The largest absolute Gasteiger partial charge is 0.494 e. The summed E-state index contributed by atoms with van der Waals surface area (Å²) in [6.07, 6.45) is 0. The quantitative estimate of drug-likeness (QED) is 0.877. The number of ether oxygens (including phenoxy) is 1. The number of benzene rings is 1. The minimum atomic E-state index is -0.0832. The summed E-state index contributed by atoms with van der Waals surface area (Å²) in [5, 5.41) is 0. The highest BCUT2D eigenvalue weighted by Gasteiger charge is 2.14. The highest BCUT2D eigenvalue weighted by molar-refractivity contribution is 5.78. The number of aromatic nitrogens is 2. The summed E-state index contributed by atoms with van der Waals surface area (Å²) in [6, 6.07) is 5.95. The molecule has 0 spiro atoms. The Labute approximate surface area is 120 Å². The van der Waals surface area contributed by atoms with Crippen molar-refractivity contribution < 1.29 is 4.74 Å². The maximum atomic E-state index is 6.05. The van der Waals surface area contributed by atoms with Crippen molar-refractivity contribution >= 4 is 11.0 Å². The average molecular weight is 276 g/mol. The number of imidazole rings is 1. The predicted octanol–water partition coefficient (Wildman–Crippen LogP) is 2.02. The molecule has 5 nitrogen and oxygen atoms in total. The summed E-state index contributed by atoms with van der Waals surface area (Å²) in [7, 11) is 4.13. The van der Waals surface area contributed by atoms with E-state index in [9.17, 15) is 0 Å². The maximum Gasteiger partial charge on any atom is 0.126 e. The molecule has 0 aliphatic heterocycles. The van der Waals surface area contributed by atoms with Gasteiger partial charge in [-0.05, 0) is 40.1 Å². The molecule has 0 fully saturated rings. The third-order valence-electron chi connectivity index (χ3n) is 3.24. The van der Waals surface area contributed by atoms with E-state index in [0.29, 0.717) is 6.61 Å². The second-order valence-corrected chi connectivity index (χ2v) is 5.30. The Bertz CT molecular complexity index is 575. The van der Waals surface area contributed by atoms with Crippen LogP contribution in [0.25, 0.3) is 11.0 Å². The fraction of sp³-hybridized carbons (Fsp3) is 0.533. The summed E-state index contributed by atoms with van der Waals surface area (Å²) < 4.78 is 7.74. The van der Waals surface area contributed by atoms with Crippen LogP contribution in [-0.4, -0.2) is 41.7 Å². The first kappa shape index (κ1) is 14.8. The lowest BCUT2D eigenvalue weighted by atomic mass is 10.3. The van der Waals surface area contributed by atoms with E-state index in [2.05, 4.69) is 34.6 Å². The Morgan fingerprint density at radius 3 is 2.75 bits per heavy atom. The van der Waals surface area contributed by atoms with E-state index in [4.69, 9.17) is 10.5 Å². The number of nitrogens with two attached hydrogens (primary N) is 1. The third-order valence-corrected chi connectivity index (χ3v) is 3.24. The normalized spacial score (nSPS) is 13.1. The van der Waals surface area contributed by atoms with Gasteiger partial charge in [0.25, 0.3) is 0 Å². The highest BCUT2D eigenvalue weighted by atomic mass is 16.5. The van der Waals surface area contributed by atoms with Crippen molar-refractivity contribution in [2.45, 2.75) is 26.4 Å². The molecule has 0 bridgehead atoms. The van der Waals surface area contributed by atoms with Crippen LogP contribution in [0.2, 0.25) is 0 Å². The lowest BCUT2D eigenvalue weighted by molar-refractivity contribution is 0.340. The summed E-state index contributed by atoms with van der Waals surface area (Å²) in [5.41, 5.74) is 8.11. The molecule has 1 heterocycles. The second-order valence-electron chi connectivity index (χ2n) is 5.30. The number of hydrogen-bond acceptors (Lipinski definition) is 4. The first-order chi connectivity index (χ1) is 9.52. The average Bonchev–Trinajstić information content (AvgIpc) is 2.74. The van der Waals surface area contributed by atoms with Crippen LogP contribution in [0.4, 0.5) is 0 Å². The van der Waals surface area contributed by atoms with Crippen molar-refractivity contribution in [3.05, 3.63) is 24.0 Å². The Balaban J connectivity index is 2.43. The smallest absolute Gasteiger partial charge is 0.126 e. The molecule has 1 unspecified atom stereocenters. The standard InChI is InChI=1S/C15H24N4O/c1-5-20-12-6-7-14-13(10-12)17-15(11(2)16)19(14)9-8-18(3)4/h6-7,10-11H,5,8-9,16H2,1-4H3. The van der Waals surface area contributed by atoms with Crippen LogP contribution in [-0.2, 0) is 6.54 Å². The van der Waals surface area contributed by atoms with Crippen molar-refractivity contribution in [2.75, 3.05) is 27.2 Å². The topological polar surface area (TPSA) is 56.3 Å². The molecule has 0 amide bonds. The molecular formula is C15H24N4O. The number of hydrogen-bond donors (Lipinski definition) is 1. The van der Waals surface area contributed by atoms with E-state index in [0.717, 1.165) is 35.7 Å². The van der Waals surface area contributed by atoms with Crippen LogP contribution < -0.4 is 10.5 Å². The molecule has 0 aliphatic rings. The Morgan fingerprint density at radius 2 is 2.15 bits per heavy atom. The minimum Gasteiger partial charge on any atom is -0.494 e. The first-order valence-electron chi connectivity index (χ1n) is 7.06. The Hall–Kier alpha value is -1.59. The third kappa shape index (κ3) is 3.11. The number of likely N-dealkylation sites (N-methyl/N-ethyl adjacent to an activating group) is 1. The van der Waals surface area contributed by atoms with Crippen molar-refractivity contribution in [2.24, 2.45) is 5.73 Å².